The molecule has 2 aromatic carbocycles. The number of aromatic hydroxyl groups is 1. The van der Waals surface area contributed by atoms with E-state index in [2.05, 4.69) is 31.6 Å². The Balaban J connectivity index is 2.40. The molecule has 0 aliphatic heterocycles. The van der Waals surface area contributed by atoms with Gasteiger partial charge in [0.15, 0.2) is 5.96 Å². The van der Waals surface area contributed by atoms with Crippen molar-refractivity contribution in [3.8, 4) is 5.75 Å². The molecule has 0 spiro atoms. The molecule has 6 atom stereocenters. The molecule has 2 rings (SSSR count). The molecule has 57 heavy (non-hydrogen) atoms. The highest BCUT2D eigenvalue weighted by Gasteiger charge is 2.35. The fourth-order valence-electron chi connectivity index (χ4n) is 5.65. The molecule has 13 N–H and O–H groups in total. The van der Waals surface area contributed by atoms with Gasteiger partial charge in [0.05, 0.1) is 6.04 Å². The van der Waals surface area contributed by atoms with Crippen molar-refractivity contribution in [3.05, 3.63) is 65.7 Å². The Kier molecular flexibility index (Phi) is 20.4. The third kappa shape index (κ3) is 17.1. The summed E-state index contributed by atoms with van der Waals surface area (Å²) in [5, 5.41) is 33.1. The van der Waals surface area contributed by atoms with Crippen LogP contribution >= 0.6 is 11.8 Å². The van der Waals surface area contributed by atoms with Crippen LogP contribution < -0.4 is 43.8 Å². The van der Waals surface area contributed by atoms with Crippen molar-refractivity contribution in [2.75, 3.05) is 18.6 Å². The topological polar surface area (TPSA) is 293 Å². The van der Waals surface area contributed by atoms with E-state index in [0.29, 0.717) is 23.3 Å². The van der Waals surface area contributed by atoms with Crippen molar-refractivity contribution in [1.82, 2.24) is 26.6 Å². The number of carbonyl (C=O) groups excluding carboxylic acids is 5. The van der Waals surface area contributed by atoms with Gasteiger partial charge in [-0.05, 0) is 66.4 Å². The molecule has 2 aromatic rings. The molecule has 0 heterocycles. The largest absolute Gasteiger partial charge is 0.508 e. The van der Waals surface area contributed by atoms with Crippen molar-refractivity contribution >= 4 is 53.2 Å². The number of thioether (sulfide) groups is 1. The maximum Gasteiger partial charge on any atom is 0.326 e. The maximum atomic E-state index is 14.2. The Bertz CT molecular complexity index is 1660. The first-order valence-electron chi connectivity index (χ1n) is 18.8. The zero-order chi connectivity index (χ0) is 42.7. The van der Waals surface area contributed by atoms with Crippen molar-refractivity contribution in [3.63, 3.8) is 0 Å². The lowest BCUT2D eigenvalue weighted by Gasteiger charge is -2.29. The fourth-order valence-corrected chi connectivity index (χ4v) is 6.14. The van der Waals surface area contributed by atoms with Crippen LogP contribution in [0.5, 0.6) is 5.75 Å². The average Bonchev–Trinajstić information content (AvgIpc) is 3.15. The molecule has 0 aromatic heterocycles. The number of aliphatic carboxylic acids is 1. The lowest BCUT2D eigenvalue weighted by Crippen LogP contribution is -2.61. The standard InChI is InChI=1S/C39H59N9O8S/c1-22(2)31(48-37(54)32(23(3)4)47-33(50)27(40)17-19-57-5)36(53)46-30(21-25-13-15-26(49)16-14-25)35(52)45-29(20-24-10-7-6-8-11-24)34(51)44-28(38(55)56)12-9-18-43-39(41)42/h6-8,10-11,13-16,22-23,27-32,49H,9,12,17-21,40H2,1-5H3,(H,44,51)(H,45,52)(H,46,53)(H,47,50)(H,48,54)(H,55,56)(H4,41,42,43)/t27-,28-,29-,30-,31-,32-/m0/s1. The van der Waals surface area contributed by atoms with Crippen LogP contribution in [-0.2, 0) is 41.6 Å². The smallest absolute Gasteiger partial charge is 0.326 e. The highest BCUT2D eigenvalue weighted by Crippen LogP contribution is 2.14. The Hall–Kier alpha value is -5.36. The highest BCUT2D eigenvalue weighted by molar-refractivity contribution is 7.98. The summed E-state index contributed by atoms with van der Waals surface area (Å²) < 4.78 is 0. The van der Waals surface area contributed by atoms with Crippen LogP contribution in [0, 0.1) is 11.8 Å². The van der Waals surface area contributed by atoms with Gasteiger partial charge < -0.3 is 54.0 Å². The minimum atomic E-state index is -1.32. The molecule has 0 aliphatic carbocycles. The first kappa shape index (κ1) is 47.8. The van der Waals surface area contributed by atoms with Gasteiger partial charge >= 0.3 is 5.97 Å². The Morgan fingerprint density at radius 1 is 0.667 bits per heavy atom. The number of carboxylic acids is 1. The van der Waals surface area contributed by atoms with Gasteiger partial charge in [0.1, 0.15) is 36.0 Å². The number of carboxylic acid groups (broad SMARTS) is 1. The summed E-state index contributed by atoms with van der Waals surface area (Å²) >= 11 is 1.54. The zero-order valence-corrected chi connectivity index (χ0v) is 34.0. The number of carbonyl (C=O) groups is 6. The number of hydrogen-bond donors (Lipinski definition) is 10. The van der Waals surface area contributed by atoms with E-state index >= 15 is 0 Å². The van der Waals surface area contributed by atoms with Gasteiger partial charge in [0, 0.05) is 19.4 Å². The van der Waals surface area contributed by atoms with Crippen LogP contribution in [0.1, 0.15) is 58.1 Å². The van der Waals surface area contributed by atoms with Crippen LogP contribution in [0.3, 0.4) is 0 Å². The second-order valence-corrected chi connectivity index (χ2v) is 15.4. The number of phenols is 1. The van der Waals surface area contributed by atoms with E-state index in [1.165, 1.54) is 23.9 Å². The highest BCUT2D eigenvalue weighted by atomic mass is 32.2. The number of nitrogens with one attached hydrogen (secondary N) is 5. The molecule has 0 saturated heterocycles. The van der Waals surface area contributed by atoms with E-state index < -0.39 is 77.7 Å². The van der Waals surface area contributed by atoms with E-state index in [0.717, 1.165) is 0 Å². The number of nitrogens with two attached hydrogens (primary N) is 3. The van der Waals surface area contributed by atoms with Crippen LogP contribution in [0.25, 0.3) is 0 Å². The van der Waals surface area contributed by atoms with Crippen LogP contribution in [0.15, 0.2) is 59.6 Å². The van der Waals surface area contributed by atoms with Crippen molar-refractivity contribution < 1.29 is 39.0 Å². The monoisotopic (exact) mass is 813 g/mol. The van der Waals surface area contributed by atoms with Crippen LogP contribution in [0.2, 0.25) is 0 Å². The first-order chi connectivity index (χ1) is 26.9. The minimum absolute atomic E-state index is 0.00211. The third-order valence-electron chi connectivity index (χ3n) is 8.95. The molecule has 0 radical (unpaired) electrons. The van der Waals surface area contributed by atoms with Crippen molar-refractivity contribution in [1.29, 1.82) is 0 Å². The van der Waals surface area contributed by atoms with E-state index in [1.54, 1.807) is 70.2 Å². The molecule has 0 fully saturated rings. The number of rotatable bonds is 24. The number of hydrogen-bond acceptors (Lipinski definition) is 10. The number of guanidine groups is 1. The second kappa shape index (κ2) is 24.3. The second-order valence-electron chi connectivity index (χ2n) is 14.4. The minimum Gasteiger partial charge on any atom is -0.508 e. The van der Waals surface area contributed by atoms with Gasteiger partial charge in [-0.25, -0.2) is 4.79 Å². The lowest BCUT2D eigenvalue weighted by atomic mass is 9.98. The molecular formula is C39H59N9O8S. The van der Waals surface area contributed by atoms with Crippen LogP contribution in [0.4, 0.5) is 0 Å². The third-order valence-corrected chi connectivity index (χ3v) is 9.59. The number of benzene rings is 2. The van der Waals surface area contributed by atoms with Gasteiger partial charge in [0.2, 0.25) is 29.5 Å². The Morgan fingerprint density at radius 3 is 1.63 bits per heavy atom. The van der Waals surface area contributed by atoms with E-state index in [4.69, 9.17) is 17.2 Å². The van der Waals surface area contributed by atoms with Gasteiger partial charge in [0.25, 0.3) is 0 Å². The van der Waals surface area contributed by atoms with Crippen LogP contribution in [-0.4, -0.2) is 106 Å². The number of aliphatic imine (C=N–C) groups is 1. The molecule has 0 saturated carbocycles. The Morgan fingerprint density at radius 2 is 1.14 bits per heavy atom. The zero-order valence-electron chi connectivity index (χ0n) is 33.2. The number of phenolic OH excluding ortho intramolecular Hbond substituents is 1. The fraction of sp³-hybridized carbons (Fsp3) is 0.513. The van der Waals surface area contributed by atoms with E-state index in [9.17, 15) is 39.0 Å². The summed E-state index contributed by atoms with van der Waals surface area (Å²) in [4.78, 5) is 84.3. The predicted octanol–water partition coefficient (Wildman–Crippen LogP) is 0.132. The molecule has 0 bridgehead atoms. The van der Waals surface area contributed by atoms with Gasteiger partial charge in [-0.15, -0.1) is 0 Å². The SMILES string of the molecule is CSCC[C@H](N)C(=O)N[C@H](C(=O)N[C@H](C(=O)N[C@@H](Cc1ccc(O)cc1)C(=O)N[C@@H](Cc1ccccc1)C(=O)N[C@@H](CCCN=C(N)N)C(=O)O)C(C)C)C(C)C. The molecule has 18 heteroatoms. The molecule has 314 valence electrons. The summed E-state index contributed by atoms with van der Waals surface area (Å²) in [6.07, 6.45) is 2.44. The average molecular weight is 814 g/mol. The summed E-state index contributed by atoms with van der Waals surface area (Å²) in [6, 6.07) is 7.82. The maximum absolute atomic E-state index is 14.2. The lowest BCUT2D eigenvalue weighted by molar-refractivity contribution is -0.142. The molecule has 0 unspecified atom stereocenters. The van der Waals surface area contributed by atoms with Gasteiger partial charge in [-0.2, -0.15) is 11.8 Å². The summed E-state index contributed by atoms with van der Waals surface area (Å²) in [6.45, 7) is 7.04. The first-order valence-corrected chi connectivity index (χ1v) is 20.2. The van der Waals surface area contributed by atoms with Gasteiger partial charge in [-0.1, -0.05) is 70.2 Å². The summed E-state index contributed by atoms with van der Waals surface area (Å²) in [5.41, 5.74) is 18.0. The van der Waals surface area contributed by atoms with E-state index in [1.807, 2.05) is 6.26 Å². The van der Waals surface area contributed by atoms with E-state index in [-0.39, 0.29) is 49.9 Å². The summed E-state index contributed by atoms with van der Waals surface area (Å²) in [5.74, 6) is -5.03. The quantitative estimate of drug-likeness (QED) is 0.0385. The number of amides is 5. The van der Waals surface area contributed by atoms with Crippen molar-refractivity contribution in [2.24, 2.45) is 34.0 Å². The Labute approximate surface area is 338 Å². The molecule has 17 nitrogen and oxygen atoms in total. The normalized spacial score (nSPS) is 14.2. The number of nitrogens with zero attached hydrogens (tertiary/aromatic N) is 1. The molecular weight excluding hydrogens is 755 g/mol. The predicted molar refractivity (Wildman–Crippen MR) is 220 cm³/mol. The van der Waals surface area contributed by atoms with Gasteiger partial charge in [-0.3, -0.25) is 29.0 Å². The summed E-state index contributed by atoms with van der Waals surface area (Å²) in [7, 11) is 0. The molecule has 5 amide bonds. The molecule has 0 aliphatic rings. The van der Waals surface area contributed by atoms with Crippen molar-refractivity contribution in [2.45, 2.75) is 96.1 Å².